The van der Waals surface area contributed by atoms with E-state index in [1.807, 2.05) is 18.2 Å². The van der Waals surface area contributed by atoms with Crippen molar-refractivity contribution >= 4 is 41.0 Å². The van der Waals surface area contributed by atoms with Gasteiger partial charge in [0.1, 0.15) is 11.8 Å². The zero-order valence-corrected chi connectivity index (χ0v) is 11.6. The number of amides is 1. The van der Waals surface area contributed by atoms with E-state index in [2.05, 4.69) is 10.2 Å². The number of carbonyl (C=O) groups is 2. The minimum Gasteiger partial charge on any atom is -0.305 e. The molecule has 0 unspecified atom stereocenters. The number of nitrogens with zero attached hydrogens (tertiary/aromatic N) is 3. The van der Waals surface area contributed by atoms with Crippen LogP contribution in [0.15, 0.2) is 40.2 Å². The number of thioether (sulfide) groups is 1. The maximum atomic E-state index is 12.1. The van der Waals surface area contributed by atoms with E-state index in [4.69, 9.17) is 0 Å². The molecule has 1 heterocycles. The summed E-state index contributed by atoms with van der Waals surface area (Å²) in [6.07, 6.45) is 0.723. The van der Waals surface area contributed by atoms with Crippen LogP contribution in [-0.2, 0) is 9.59 Å². The second-order valence-corrected chi connectivity index (χ2v) is 5.56. The lowest BCUT2D eigenvalue weighted by atomic mass is 10.3. The van der Waals surface area contributed by atoms with Gasteiger partial charge in [-0.05, 0) is 12.1 Å². The van der Waals surface area contributed by atoms with Gasteiger partial charge >= 0.3 is 0 Å². The van der Waals surface area contributed by atoms with Crippen molar-refractivity contribution in [3.63, 3.8) is 0 Å². The first kappa shape index (κ1) is 13.7. The molecule has 2 rings (SSSR count). The molecule has 0 aliphatic heterocycles. The highest BCUT2D eigenvalue weighted by atomic mass is 32.2. The van der Waals surface area contributed by atoms with E-state index in [9.17, 15) is 9.59 Å². The van der Waals surface area contributed by atoms with Crippen LogP contribution in [0.2, 0.25) is 0 Å². The fourth-order valence-corrected chi connectivity index (χ4v) is 2.83. The molecular formula is C12H11N3O2S2. The third-order valence-corrected chi connectivity index (χ3v) is 4.13. The van der Waals surface area contributed by atoms with Crippen molar-refractivity contribution in [1.29, 1.82) is 0 Å². The molecule has 2 aromatic rings. The molecular weight excluding hydrogens is 282 g/mol. The molecule has 0 fully saturated rings. The summed E-state index contributed by atoms with van der Waals surface area (Å²) in [5.74, 6) is 0.108. The molecule has 0 saturated heterocycles. The normalized spacial score (nSPS) is 10.1. The second-order valence-electron chi connectivity index (χ2n) is 3.50. The van der Waals surface area contributed by atoms with Crippen molar-refractivity contribution in [3.8, 4) is 0 Å². The molecule has 1 amide bonds. The quantitative estimate of drug-likeness (QED) is 0.601. The summed E-state index contributed by atoms with van der Waals surface area (Å²) < 4.78 is 0.743. The molecule has 1 aromatic carbocycles. The number of anilines is 1. The van der Waals surface area contributed by atoms with Gasteiger partial charge in [-0.1, -0.05) is 41.3 Å². The number of aromatic nitrogens is 2. The molecule has 0 aliphatic carbocycles. The average Bonchev–Trinajstić information content (AvgIpc) is 2.96. The number of hydrogen-bond acceptors (Lipinski definition) is 6. The largest absolute Gasteiger partial charge is 0.305 e. The van der Waals surface area contributed by atoms with Gasteiger partial charge < -0.3 is 9.69 Å². The van der Waals surface area contributed by atoms with Crippen molar-refractivity contribution in [2.45, 2.75) is 4.34 Å². The van der Waals surface area contributed by atoms with Crippen LogP contribution in [0.25, 0.3) is 0 Å². The maximum Gasteiger partial charge on any atom is 0.237 e. The highest BCUT2D eigenvalue weighted by Gasteiger charge is 2.15. The Hall–Kier alpha value is -1.73. The lowest BCUT2D eigenvalue weighted by Crippen LogP contribution is -2.33. The highest BCUT2D eigenvalue weighted by molar-refractivity contribution is 8.01. The van der Waals surface area contributed by atoms with Crippen LogP contribution >= 0.6 is 23.1 Å². The number of hydrogen-bond donors (Lipinski definition) is 0. The standard InChI is InChI=1S/C12H11N3O2S2/c16-7-6-15(10-4-2-1-3-5-10)11(17)8-18-12-14-13-9-19-12/h1-5,7,9H,6,8H2. The first-order valence-corrected chi connectivity index (χ1v) is 7.36. The molecule has 98 valence electrons. The number of para-hydroxylation sites is 1. The molecule has 0 atom stereocenters. The third kappa shape index (κ3) is 3.87. The van der Waals surface area contributed by atoms with E-state index in [0.717, 1.165) is 16.3 Å². The Morgan fingerprint density at radius 1 is 1.37 bits per heavy atom. The zero-order valence-electron chi connectivity index (χ0n) is 9.93. The van der Waals surface area contributed by atoms with Crippen molar-refractivity contribution in [2.75, 3.05) is 17.2 Å². The lowest BCUT2D eigenvalue weighted by molar-refractivity contribution is -0.117. The molecule has 0 aliphatic rings. The Bertz CT molecular complexity index is 531. The smallest absolute Gasteiger partial charge is 0.237 e. The van der Waals surface area contributed by atoms with E-state index < -0.39 is 0 Å². The van der Waals surface area contributed by atoms with Crippen LogP contribution < -0.4 is 4.90 Å². The maximum absolute atomic E-state index is 12.1. The molecule has 0 N–H and O–H groups in total. The van der Waals surface area contributed by atoms with Crippen molar-refractivity contribution in [3.05, 3.63) is 35.8 Å². The summed E-state index contributed by atoms with van der Waals surface area (Å²) in [7, 11) is 0. The van der Waals surface area contributed by atoms with Gasteiger partial charge in [0.15, 0.2) is 4.34 Å². The van der Waals surface area contributed by atoms with Crippen molar-refractivity contribution < 1.29 is 9.59 Å². The molecule has 0 radical (unpaired) electrons. The molecule has 1 aromatic heterocycles. The third-order valence-electron chi connectivity index (χ3n) is 2.29. The summed E-state index contributed by atoms with van der Waals surface area (Å²) in [6.45, 7) is 0.0551. The van der Waals surface area contributed by atoms with Gasteiger partial charge in [-0.15, -0.1) is 10.2 Å². The van der Waals surface area contributed by atoms with E-state index >= 15 is 0 Å². The minimum atomic E-state index is -0.126. The Balaban J connectivity index is 2.02. The van der Waals surface area contributed by atoms with Crippen LogP contribution in [-0.4, -0.2) is 34.7 Å². The first-order valence-electron chi connectivity index (χ1n) is 5.49. The van der Waals surface area contributed by atoms with Gasteiger partial charge in [0.25, 0.3) is 0 Å². The molecule has 0 bridgehead atoms. The molecule has 19 heavy (non-hydrogen) atoms. The van der Waals surface area contributed by atoms with E-state index in [1.54, 1.807) is 17.6 Å². The van der Waals surface area contributed by atoms with Crippen LogP contribution in [0.4, 0.5) is 5.69 Å². The SMILES string of the molecule is O=CCN(C(=O)CSc1nncs1)c1ccccc1. The summed E-state index contributed by atoms with van der Waals surface area (Å²) in [5, 5.41) is 7.56. The number of rotatable bonds is 6. The minimum absolute atomic E-state index is 0.0551. The fraction of sp³-hybridized carbons (Fsp3) is 0.167. The number of aldehydes is 1. The highest BCUT2D eigenvalue weighted by Crippen LogP contribution is 2.21. The number of benzene rings is 1. The zero-order chi connectivity index (χ0) is 13.5. The second kappa shape index (κ2) is 7.01. The average molecular weight is 293 g/mol. The predicted molar refractivity (Wildman–Crippen MR) is 75.5 cm³/mol. The van der Waals surface area contributed by atoms with E-state index in [1.165, 1.54) is 28.0 Å². The molecule has 7 heteroatoms. The predicted octanol–water partition coefficient (Wildman–Crippen LogP) is 1.86. The summed E-state index contributed by atoms with van der Waals surface area (Å²) in [5.41, 5.74) is 2.34. The van der Waals surface area contributed by atoms with Gasteiger partial charge in [-0.2, -0.15) is 0 Å². The summed E-state index contributed by atoms with van der Waals surface area (Å²) >= 11 is 2.71. The fourth-order valence-electron chi connectivity index (χ4n) is 1.46. The van der Waals surface area contributed by atoms with E-state index in [0.29, 0.717) is 0 Å². The molecule has 5 nitrogen and oxygen atoms in total. The van der Waals surface area contributed by atoms with E-state index in [-0.39, 0.29) is 18.2 Å². The Morgan fingerprint density at radius 3 is 2.79 bits per heavy atom. The van der Waals surface area contributed by atoms with Gasteiger partial charge in [0.05, 0.1) is 12.3 Å². The summed E-state index contributed by atoms with van der Waals surface area (Å²) in [4.78, 5) is 24.3. The Labute approximate surface area is 118 Å². The lowest BCUT2D eigenvalue weighted by Gasteiger charge is -2.19. The first-order chi connectivity index (χ1) is 9.31. The van der Waals surface area contributed by atoms with Crippen molar-refractivity contribution in [2.24, 2.45) is 0 Å². The summed E-state index contributed by atoms with van der Waals surface area (Å²) in [6, 6.07) is 9.13. The Morgan fingerprint density at radius 2 is 2.16 bits per heavy atom. The van der Waals surface area contributed by atoms with Gasteiger partial charge in [0, 0.05) is 5.69 Å². The van der Waals surface area contributed by atoms with Crippen LogP contribution in [0.3, 0.4) is 0 Å². The van der Waals surface area contributed by atoms with Crippen molar-refractivity contribution in [1.82, 2.24) is 10.2 Å². The van der Waals surface area contributed by atoms with Gasteiger partial charge in [-0.3, -0.25) is 4.79 Å². The molecule has 0 spiro atoms. The van der Waals surface area contributed by atoms with Gasteiger partial charge in [-0.25, -0.2) is 0 Å². The Kier molecular flexibility index (Phi) is 5.05. The molecule has 0 saturated carbocycles. The number of carbonyl (C=O) groups excluding carboxylic acids is 2. The van der Waals surface area contributed by atoms with Crippen LogP contribution in [0.1, 0.15) is 0 Å². The van der Waals surface area contributed by atoms with Gasteiger partial charge in [0.2, 0.25) is 5.91 Å². The van der Waals surface area contributed by atoms with Crippen LogP contribution in [0, 0.1) is 0 Å². The van der Waals surface area contributed by atoms with Crippen LogP contribution in [0.5, 0.6) is 0 Å². The topological polar surface area (TPSA) is 63.2 Å². The monoisotopic (exact) mass is 293 g/mol.